The first-order valence-electron chi connectivity index (χ1n) is 13.3. The average Bonchev–Trinajstić information content (AvgIpc) is 2.86. The maximum atomic E-state index is 12.8. The molecular weight excluding hydrogens is 440 g/mol. The zero-order chi connectivity index (χ0) is 24.0. The van der Waals surface area contributed by atoms with E-state index < -0.39 is 0 Å². The molecule has 3 fully saturated rings. The van der Waals surface area contributed by atoms with E-state index in [2.05, 4.69) is 27.3 Å². The van der Waals surface area contributed by atoms with E-state index in [4.69, 9.17) is 4.74 Å². The summed E-state index contributed by atoms with van der Waals surface area (Å²) in [7, 11) is 0. The molecular formula is C28H38N4O3. The van der Waals surface area contributed by atoms with Crippen molar-refractivity contribution in [3.63, 3.8) is 0 Å². The Morgan fingerprint density at radius 1 is 0.914 bits per heavy atom. The molecule has 1 aromatic rings. The molecule has 7 heteroatoms. The summed E-state index contributed by atoms with van der Waals surface area (Å²) >= 11 is 0. The maximum absolute atomic E-state index is 12.8. The van der Waals surface area contributed by atoms with Gasteiger partial charge in [-0.2, -0.15) is 0 Å². The lowest BCUT2D eigenvalue weighted by Gasteiger charge is -2.43. The molecule has 0 unspecified atom stereocenters. The molecule has 35 heavy (non-hydrogen) atoms. The van der Waals surface area contributed by atoms with Gasteiger partial charge in [0.1, 0.15) is 11.5 Å². The van der Waals surface area contributed by atoms with Gasteiger partial charge in [-0.1, -0.05) is 12.5 Å². The van der Waals surface area contributed by atoms with Crippen LogP contribution in [0.1, 0.15) is 55.3 Å². The summed E-state index contributed by atoms with van der Waals surface area (Å²) in [6, 6.07) is 8.24. The highest BCUT2D eigenvalue weighted by molar-refractivity contribution is 5.94. The first-order chi connectivity index (χ1) is 17.1. The first-order valence-corrected chi connectivity index (χ1v) is 13.3. The van der Waals surface area contributed by atoms with Crippen molar-refractivity contribution in [2.24, 2.45) is 0 Å². The second kappa shape index (κ2) is 11.4. The minimum absolute atomic E-state index is 0.0489. The van der Waals surface area contributed by atoms with Crippen LogP contribution in [0.25, 0.3) is 0 Å². The number of benzene rings is 1. The number of rotatable bonds is 7. The van der Waals surface area contributed by atoms with Crippen molar-refractivity contribution in [2.75, 3.05) is 45.8 Å². The Hall–Kier alpha value is -2.64. The van der Waals surface area contributed by atoms with Crippen LogP contribution in [0.2, 0.25) is 0 Å². The van der Waals surface area contributed by atoms with Crippen LogP contribution in [0.15, 0.2) is 48.3 Å². The SMILES string of the molecule is O=C(NC1CCN(CC(=O)N2CCN(C3CCC3)CC2)CC1)c1ccc(OC2=CCCC=C2)cc1. The van der Waals surface area contributed by atoms with Gasteiger partial charge in [0.05, 0.1) is 6.54 Å². The van der Waals surface area contributed by atoms with Crippen LogP contribution in [-0.4, -0.2) is 84.4 Å². The van der Waals surface area contributed by atoms with Crippen LogP contribution in [-0.2, 0) is 4.79 Å². The molecule has 5 rings (SSSR count). The molecule has 7 nitrogen and oxygen atoms in total. The Morgan fingerprint density at radius 3 is 2.29 bits per heavy atom. The third-order valence-electron chi connectivity index (χ3n) is 7.85. The molecule has 188 valence electrons. The number of ether oxygens (including phenoxy) is 1. The van der Waals surface area contributed by atoms with Gasteiger partial charge >= 0.3 is 0 Å². The molecule has 2 aliphatic carbocycles. The van der Waals surface area contributed by atoms with Crippen molar-refractivity contribution in [1.29, 1.82) is 0 Å². The molecule has 0 aromatic heterocycles. The molecule has 0 spiro atoms. The third kappa shape index (κ3) is 6.33. The monoisotopic (exact) mass is 478 g/mol. The number of hydrogen-bond donors (Lipinski definition) is 1. The minimum Gasteiger partial charge on any atom is -0.458 e. The molecule has 0 radical (unpaired) electrons. The second-order valence-electron chi connectivity index (χ2n) is 10.2. The Labute approximate surface area is 208 Å². The number of amides is 2. The zero-order valence-electron chi connectivity index (χ0n) is 20.7. The molecule has 1 saturated carbocycles. The molecule has 0 atom stereocenters. The number of carbonyl (C=O) groups excluding carboxylic acids is 2. The van der Waals surface area contributed by atoms with Crippen molar-refractivity contribution in [1.82, 2.24) is 20.0 Å². The molecule has 1 N–H and O–H groups in total. The number of piperidine rings is 1. The zero-order valence-corrected chi connectivity index (χ0v) is 20.7. The highest BCUT2D eigenvalue weighted by Gasteiger charge is 2.30. The van der Waals surface area contributed by atoms with Crippen LogP contribution in [0, 0.1) is 0 Å². The smallest absolute Gasteiger partial charge is 0.251 e. The Bertz CT molecular complexity index is 937. The van der Waals surface area contributed by atoms with E-state index in [0.29, 0.717) is 12.1 Å². The molecule has 4 aliphatic rings. The molecule has 2 saturated heterocycles. The number of hydrogen-bond acceptors (Lipinski definition) is 5. The van der Waals surface area contributed by atoms with E-state index in [0.717, 1.165) is 82.5 Å². The Balaban J connectivity index is 1.01. The van der Waals surface area contributed by atoms with E-state index in [9.17, 15) is 9.59 Å². The summed E-state index contributed by atoms with van der Waals surface area (Å²) in [6.07, 6.45) is 14.0. The number of carbonyl (C=O) groups is 2. The lowest BCUT2D eigenvalue weighted by Crippen LogP contribution is -2.55. The first kappa shape index (κ1) is 24.1. The molecule has 0 bridgehead atoms. The van der Waals surface area contributed by atoms with Gasteiger partial charge in [0.25, 0.3) is 5.91 Å². The van der Waals surface area contributed by atoms with Gasteiger partial charge in [-0.05, 0) is 74.9 Å². The van der Waals surface area contributed by atoms with Crippen LogP contribution >= 0.6 is 0 Å². The van der Waals surface area contributed by atoms with E-state index in [1.165, 1.54) is 19.3 Å². The van der Waals surface area contributed by atoms with Crippen LogP contribution in [0.5, 0.6) is 5.75 Å². The van der Waals surface area contributed by atoms with Gasteiger partial charge in [-0.3, -0.25) is 19.4 Å². The van der Waals surface area contributed by atoms with Gasteiger partial charge in [0.15, 0.2) is 0 Å². The van der Waals surface area contributed by atoms with E-state index in [1.54, 1.807) is 0 Å². The van der Waals surface area contributed by atoms with E-state index >= 15 is 0 Å². The second-order valence-corrected chi connectivity index (χ2v) is 10.2. The van der Waals surface area contributed by atoms with Crippen molar-refractivity contribution >= 4 is 11.8 Å². The average molecular weight is 479 g/mol. The van der Waals surface area contributed by atoms with Crippen molar-refractivity contribution in [3.05, 3.63) is 53.8 Å². The van der Waals surface area contributed by atoms with Crippen molar-refractivity contribution in [3.8, 4) is 5.75 Å². The van der Waals surface area contributed by atoms with Crippen LogP contribution in [0.3, 0.4) is 0 Å². The molecule has 2 heterocycles. The number of nitrogens with one attached hydrogen (secondary N) is 1. The summed E-state index contributed by atoms with van der Waals surface area (Å²) in [4.78, 5) is 32.4. The number of nitrogens with zero attached hydrogens (tertiary/aromatic N) is 3. The normalized spacial score (nSPS) is 22.4. The fourth-order valence-corrected chi connectivity index (χ4v) is 5.36. The number of allylic oxidation sites excluding steroid dienone is 3. The van der Waals surface area contributed by atoms with E-state index in [-0.39, 0.29) is 17.9 Å². The quantitative estimate of drug-likeness (QED) is 0.652. The number of piperazine rings is 1. The summed E-state index contributed by atoms with van der Waals surface area (Å²) in [5.41, 5.74) is 0.643. The highest BCUT2D eigenvalue weighted by Crippen LogP contribution is 2.25. The summed E-state index contributed by atoms with van der Waals surface area (Å²) in [5, 5.41) is 3.17. The molecule has 1 aromatic carbocycles. The predicted octanol–water partition coefficient (Wildman–Crippen LogP) is 3.19. The van der Waals surface area contributed by atoms with Gasteiger partial charge in [0, 0.05) is 56.9 Å². The van der Waals surface area contributed by atoms with E-state index in [1.807, 2.05) is 35.2 Å². The summed E-state index contributed by atoms with van der Waals surface area (Å²) < 4.78 is 5.85. The minimum atomic E-state index is -0.0489. The molecule has 2 amide bonds. The predicted molar refractivity (Wildman–Crippen MR) is 136 cm³/mol. The third-order valence-corrected chi connectivity index (χ3v) is 7.85. The fourth-order valence-electron chi connectivity index (χ4n) is 5.36. The summed E-state index contributed by atoms with van der Waals surface area (Å²) in [5.74, 6) is 1.80. The highest BCUT2D eigenvalue weighted by atomic mass is 16.5. The van der Waals surface area contributed by atoms with Crippen LogP contribution in [0.4, 0.5) is 0 Å². The Morgan fingerprint density at radius 2 is 1.66 bits per heavy atom. The lowest BCUT2D eigenvalue weighted by molar-refractivity contribution is -0.135. The Kier molecular flexibility index (Phi) is 7.84. The van der Waals surface area contributed by atoms with Crippen LogP contribution < -0.4 is 10.1 Å². The van der Waals surface area contributed by atoms with Crippen molar-refractivity contribution in [2.45, 2.75) is 57.0 Å². The summed E-state index contributed by atoms with van der Waals surface area (Å²) in [6.45, 7) is 5.94. The number of likely N-dealkylation sites (tertiary alicyclic amines) is 1. The van der Waals surface area contributed by atoms with Gasteiger partial charge in [0.2, 0.25) is 5.91 Å². The maximum Gasteiger partial charge on any atom is 0.251 e. The van der Waals surface area contributed by atoms with Gasteiger partial charge in [-0.15, -0.1) is 0 Å². The topological polar surface area (TPSA) is 65.1 Å². The largest absolute Gasteiger partial charge is 0.458 e. The standard InChI is InChI=1S/C28H38N4O3/c33-27(32-19-17-31(18-20-32)24-5-4-6-24)21-30-15-13-23(14-16-30)29-28(34)22-9-11-26(12-10-22)35-25-7-2-1-3-8-25/h2,7-12,23-24H,1,3-6,13-21H2,(H,29,34). The fraction of sp³-hybridized carbons (Fsp3) is 0.571. The van der Waals surface area contributed by atoms with Gasteiger partial charge < -0.3 is 15.0 Å². The lowest BCUT2D eigenvalue weighted by atomic mass is 9.91. The molecule has 2 aliphatic heterocycles. The van der Waals surface area contributed by atoms with Crippen molar-refractivity contribution < 1.29 is 14.3 Å². The van der Waals surface area contributed by atoms with Gasteiger partial charge in [-0.25, -0.2) is 0 Å².